The Hall–Kier alpha value is -2.57. The van der Waals surface area contributed by atoms with Crippen LogP contribution in [-0.4, -0.2) is 37.4 Å². The predicted octanol–water partition coefficient (Wildman–Crippen LogP) is 12.8. The number of hydrogen-bond donors (Lipinski definition) is 0. The molecule has 0 aliphatic carbocycles. The Morgan fingerprint density at radius 1 is 0.692 bits per heavy atom. The molecule has 1 saturated heterocycles. The number of hydrogen-bond acceptors (Lipinski definition) is 6. The third-order valence-electron chi connectivity index (χ3n) is 10.1. The molecular formula is C45H69ClO6. The van der Waals surface area contributed by atoms with E-state index in [1.165, 1.54) is 89.9 Å². The van der Waals surface area contributed by atoms with Gasteiger partial charge in [-0.1, -0.05) is 152 Å². The second-order valence-electron chi connectivity index (χ2n) is 14.8. The lowest BCUT2D eigenvalue weighted by Gasteiger charge is -2.35. The van der Waals surface area contributed by atoms with Crippen LogP contribution in [0.3, 0.4) is 0 Å². The summed E-state index contributed by atoms with van der Waals surface area (Å²) in [5, 5.41) is 0.694. The molecule has 2 aromatic carbocycles. The molecule has 0 spiro atoms. The van der Waals surface area contributed by atoms with E-state index in [2.05, 4.69) is 32.0 Å². The van der Waals surface area contributed by atoms with Crippen LogP contribution in [0.2, 0.25) is 5.02 Å². The fraction of sp³-hybridized carbons (Fsp3) is 0.689. The first-order chi connectivity index (χ1) is 25.4. The second kappa shape index (κ2) is 27.1. The summed E-state index contributed by atoms with van der Waals surface area (Å²) in [5.74, 6) is 0.513. The fourth-order valence-corrected chi connectivity index (χ4v) is 7.26. The van der Waals surface area contributed by atoms with E-state index in [1.54, 1.807) is 0 Å². The molecule has 0 unspecified atom stereocenters. The summed E-state index contributed by atoms with van der Waals surface area (Å²) >= 11 is 6.69. The maximum Gasteiger partial charge on any atom is 0.306 e. The van der Waals surface area contributed by atoms with E-state index in [0.717, 1.165) is 48.1 Å². The van der Waals surface area contributed by atoms with Crippen LogP contribution in [0.15, 0.2) is 42.5 Å². The summed E-state index contributed by atoms with van der Waals surface area (Å²) in [5.41, 5.74) is 3.11. The van der Waals surface area contributed by atoms with Crippen molar-refractivity contribution in [2.45, 2.75) is 187 Å². The van der Waals surface area contributed by atoms with E-state index in [-0.39, 0.29) is 36.9 Å². The Morgan fingerprint density at radius 2 is 1.25 bits per heavy atom. The molecule has 1 fully saturated rings. The van der Waals surface area contributed by atoms with Gasteiger partial charge in [0.25, 0.3) is 0 Å². The normalized spacial score (nSPS) is 17.2. The highest BCUT2D eigenvalue weighted by Gasteiger charge is 2.33. The highest BCUT2D eigenvalue weighted by atomic mass is 35.5. The van der Waals surface area contributed by atoms with Crippen LogP contribution >= 0.6 is 11.6 Å². The van der Waals surface area contributed by atoms with E-state index >= 15 is 0 Å². The van der Waals surface area contributed by atoms with Crippen LogP contribution < -0.4 is 4.74 Å². The minimum absolute atomic E-state index is 0.151. The molecule has 3 atom stereocenters. The van der Waals surface area contributed by atoms with E-state index in [1.807, 2.05) is 31.2 Å². The van der Waals surface area contributed by atoms with Crippen molar-refractivity contribution >= 4 is 23.5 Å². The zero-order valence-electron chi connectivity index (χ0n) is 32.8. The Balaban J connectivity index is 1.54. The summed E-state index contributed by atoms with van der Waals surface area (Å²) in [7, 11) is 0. The molecule has 292 valence electrons. The largest absolute Gasteiger partial charge is 0.494 e. The first kappa shape index (κ1) is 43.8. The molecule has 1 aliphatic heterocycles. The summed E-state index contributed by atoms with van der Waals surface area (Å²) < 4.78 is 24.0. The van der Waals surface area contributed by atoms with Gasteiger partial charge in [-0.25, -0.2) is 0 Å². The smallest absolute Gasteiger partial charge is 0.306 e. The lowest BCUT2D eigenvalue weighted by atomic mass is 9.93. The van der Waals surface area contributed by atoms with Crippen molar-refractivity contribution in [2.75, 3.05) is 13.2 Å². The summed E-state index contributed by atoms with van der Waals surface area (Å²) in [6, 6.07) is 14.1. The molecule has 1 heterocycles. The van der Waals surface area contributed by atoms with Crippen molar-refractivity contribution in [1.82, 2.24) is 0 Å². The Morgan fingerprint density at radius 3 is 1.83 bits per heavy atom. The molecule has 0 N–H and O–H groups in total. The molecule has 0 amide bonds. The molecule has 0 bridgehead atoms. The van der Waals surface area contributed by atoms with Gasteiger partial charge < -0.3 is 18.9 Å². The minimum atomic E-state index is -0.360. The molecule has 1 aliphatic rings. The number of ether oxygens (including phenoxy) is 4. The quantitative estimate of drug-likeness (QED) is 0.0639. The van der Waals surface area contributed by atoms with Gasteiger partial charge in [-0.3, -0.25) is 9.59 Å². The molecule has 52 heavy (non-hydrogen) atoms. The third kappa shape index (κ3) is 18.5. The van der Waals surface area contributed by atoms with Gasteiger partial charge in [0.05, 0.1) is 18.8 Å². The lowest BCUT2D eigenvalue weighted by Crippen LogP contribution is -2.37. The molecule has 3 rings (SSSR count). The first-order valence-corrected chi connectivity index (χ1v) is 21.3. The van der Waals surface area contributed by atoms with E-state index in [4.69, 9.17) is 30.5 Å². The average Bonchev–Trinajstić information content (AvgIpc) is 3.14. The van der Waals surface area contributed by atoms with Gasteiger partial charge in [-0.05, 0) is 61.1 Å². The van der Waals surface area contributed by atoms with E-state index in [0.29, 0.717) is 43.7 Å². The monoisotopic (exact) mass is 740 g/mol. The Kier molecular flexibility index (Phi) is 22.8. The highest BCUT2D eigenvalue weighted by molar-refractivity contribution is 6.31. The SMILES string of the molecule is CCCCCCCCCCCC(=O)OC[C@H]1C[C@H](OC(=O)CCCCCCCCCCC)C[C@@H](c2ccc(Cl)c(Cc3ccc(OCC)cc3)c2)O1. The average molecular weight is 741 g/mol. The highest BCUT2D eigenvalue weighted by Crippen LogP contribution is 2.35. The minimum Gasteiger partial charge on any atom is -0.494 e. The van der Waals surface area contributed by atoms with Crippen molar-refractivity contribution < 1.29 is 28.5 Å². The van der Waals surface area contributed by atoms with Crippen LogP contribution in [0.5, 0.6) is 5.75 Å². The lowest BCUT2D eigenvalue weighted by molar-refractivity contribution is -0.172. The van der Waals surface area contributed by atoms with Crippen LogP contribution in [-0.2, 0) is 30.2 Å². The van der Waals surface area contributed by atoms with Crippen LogP contribution in [0.4, 0.5) is 0 Å². The standard InChI is InChI=1S/C45H69ClO6/c1-4-7-9-11-13-15-17-19-21-23-44(47)50-35-41-33-40(52-45(48)24-22-20-18-16-14-12-10-8-5-2)34-43(51-41)37-27-30-42(46)38(32-37)31-36-25-28-39(29-26-36)49-6-3/h25-30,32,40-41,43H,4-24,31,33-35H2,1-3H3/t40-,41+,43-/m0/s1. The van der Waals surface area contributed by atoms with E-state index < -0.39 is 0 Å². The van der Waals surface area contributed by atoms with Crippen molar-refractivity contribution in [2.24, 2.45) is 0 Å². The van der Waals surface area contributed by atoms with Gasteiger partial charge in [0.15, 0.2) is 0 Å². The Bertz CT molecular complexity index is 1250. The second-order valence-corrected chi connectivity index (χ2v) is 15.2. The van der Waals surface area contributed by atoms with E-state index in [9.17, 15) is 9.59 Å². The molecule has 2 aromatic rings. The molecule has 0 radical (unpaired) electrons. The first-order valence-electron chi connectivity index (χ1n) is 20.9. The van der Waals surface area contributed by atoms with Crippen molar-refractivity contribution in [3.63, 3.8) is 0 Å². The van der Waals surface area contributed by atoms with Crippen molar-refractivity contribution in [3.05, 3.63) is 64.2 Å². The number of rotatable bonds is 28. The molecule has 0 aromatic heterocycles. The number of carbonyl (C=O) groups excluding carboxylic acids is 2. The van der Waals surface area contributed by atoms with Crippen molar-refractivity contribution in [3.8, 4) is 5.75 Å². The molecule has 6 nitrogen and oxygen atoms in total. The van der Waals surface area contributed by atoms with Gasteiger partial charge in [0.1, 0.15) is 18.5 Å². The van der Waals surface area contributed by atoms with Crippen LogP contribution in [0.1, 0.15) is 185 Å². The number of carbonyl (C=O) groups is 2. The fourth-order valence-electron chi connectivity index (χ4n) is 7.07. The number of benzene rings is 2. The summed E-state index contributed by atoms with van der Waals surface area (Å²) in [4.78, 5) is 25.7. The van der Waals surface area contributed by atoms with Gasteiger partial charge in [0.2, 0.25) is 0 Å². The van der Waals surface area contributed by atoms with Gasteiger partial charge in [0, 0.05) is 30.7 Å². The number of unbranched alkanes of at least 4 members (excludes halogenated alkanes) is 16. The Labute approximate surface area is 321 Å². The van der Waals surface area contributed by atoms with Gasteiger partial charge in [-0.2, -0.15) is 0 Å². The predicted molar refractivity (Wildman–Crippen MR) is 213 cm³/mol. The number of halogens is 1. The van der Waals surface area contributed by atoms with Gasteiger partial charge >= 0.3 is 11.9 Å². The van der Waals surface area contributed by atoms with Gasteiger partial charge in [-0.15, -0.1) is 0 Å². The zero-order valence-corrected chi connectivity index (χ0v) is 33.5. The van der Waals surface area contributed by atoms with Crippen molar-refractivity contribution in [1.29, 1.82) is 0 Å². The maximum atomic E-state index is 13.0. The summed E-state index contributed by atoms with van der Waals surface area (Å²) in [6.45, 7) is 7.25. The number of esters is 2. The maximum absolute atomic E-state index is 13.0. The molecule has 0 saturated carbocycles. The summed E-state index contributed by atoms with van der Waals surface area (Å²) in [6.07, 6.45) is 23.3. The molecular weight excluding hydrogens is 672 g/mol. The topological polar surface area (TPSA) is 71.1 Å². The third-order valence-corrected chi connectivity index (χ3v) is 10.5. The van der Waals surface area contributed by atoms with Crippen LogP contribution in [0, 0.1) is 0 Å². The van der Waals surface area contributed by atoms with Crippen LogP contribution in [0.25, 0.3) is 0 Å². The molecule has 7 heteroatoms. The zero-order chi connectivity index (χ0) is 37.2.